The molecule has 0 aromatic heterocycles. The summed E-state index contributed by atoms with van der Waals surface area (Å²) in [5.74, 6) is 0.295. The summed E-state index contributed by atoms with van der Waals surface area (Å²) in [6.07, 6.45) is 0. The van der Waals surface area contributed by atoms with Crippen LogP contribution in [0.3, 0.4) is 0 Å². The van der Waals surface area contributed by atoms with Gasteiger partial charge in [-0.05, 0) is 104 Å². The van der Waals surface area contributed by atoms with E-state index in [-0.39, 0.29) is 21.7 Å². The minimum atomic E-state index is -0.402. The van der Waals surface area contributed by atoms with Crippen LogP contribution in [0.4, 0.5) is 0 Å². The highest BCUT2D eigenvalue weighted by Gasteiger charge is 2.24. The fraction of sp³-hybridized carbons (Fsp3) is 0.381. The highest BCUT2D eigenvalue weighted by Crippen LogP contribution is 2.35. The van der Waals surface area contributed by atoms with Crippen molar-refractivity contribution in [3.05, 3.63) is 118 Å². The molecule has 0 saturated carbocycles. The summed E-state index contributed by atoms with van der Waals surface area (Å²) in [6.45, 7) is 25.9. The molecule has 0 amide bonds. The fourth-order valence-electron chi connectivity index (χ4n) is 4.98. The van der Waals surface area contributed by atoms with Crippen LogP contribution in [0.2, 0.25) is 0 Å². The summed E-state index contributed by atoms with van der Waals surface area (Å²) in [5, 5.41) is 0. The third kappa shape index (κ3) is 8.54. The van der Waals surface area contributed by atoms with Gasteiger partial charge in [-0.1, -0.05) is 119 Å². The van der Waals surface area contributed by atoms with Crippen LogP contribution in [0.25, 0.3) is 11.1 Å². The normalized spacial score (nSPS) is 12.5. The Bertz CT molecular complexity index is 1520. The van der Waals surface area contributed by atoms with Crippen LogP contribution in [-0.2, 0) is 21.7 Å². The number of carbonyl (C=O) groups is 2. The minimum absolute atomic E-state index is 0.0799. The second-order valence-electron chi connectivity index (χ2n) is 16.4. The molecule has 0 aliphatic rings. The molecule has 0 N–H and O–H groups in total. The van der Waals surface area contributed by atoms with E-state index in [0.29, 0.717) is 22.6 Å². The number of hydrogen-bond acceptors (Lipinski definition) is 4. The Morgan fingerprint density at radius 2 is 0.630 bits per heavy atom. The maximum atomic E-state index is 13.1. The molecule has 4 aromatic rings. The topological polar surface area (TPSA) is 52.6 Å². The predicted octanol–water partition coefficient (Wildman–Crippen LogP) is 11.0. The first kappa shape index (κ1) is 34.7. The first-order valence-corrected chi connectivity index (χ1v) is 16.1. The molecule has 0 atom stereocenters. The molecule has 242 valence electrons. The van der Waals surface area contributed by atoms with Crippen molar-refractivity contribution in [3.8, 4) is 22.6 Å². The molecule has 0 aliphatic carbocycles. The Balaban J connectivity index is 1.49. The van der Waals surface area contributed by atoms with E-state index in [1.807, 2.05) is 48.5 Å². The quantitative estimate of drug-likeness (QED) is 0.165. The standard InChI is InChI=1S/C42H50O4/c1-39(2,3)31-21-32(40(4,5)6)24-35(23-31)45-37(43)29-17-13-27(14-18-29)28-15-19-30(20-16-28)38(44)46-36-25-33(41(7,8)9)22-34(26-36)42(10,11)12/h13-26H,1-12H3. The number of benzene rings is 4. The van der Waals surface area contributed by atoms with E-state index >= 15 is 0 Å². The van der Waals surface area contributed by atoms with Gasteiger partial charge in [0.2, 0.25) is 0 Å². The average molecular weight is 619 g/mol. The number of esters is 2. The molecule has 4 heteroatoms. The zero-order valence-corrected chi connectivity index (χ0v) is 29.7. The molecule has 0 unspecified atom stereocenters. The Morgan fingerprint density at radius 3 is 0.848 bits per heavy atom. The first-order valence-electron chi connectivity index (χ1n) is 16.1. The predicted molar refractivity (Wildman–Crippen MR) is 189 cm³/mol. The number of rotatable bonds is 5. The van der Waals surface area contributed by atoms with E-state index in [2.05, 4.69) is 95.2 Å². The minimum Gasteiger partial charge on any atom is -0.423 e. The summed E-state index contributed by atoms with van der Waals surface area (Å²) in [7, 11) is 0. The molecule has 0 spiro atoms. The van der Waals surface area contributed by atoms with Gasteiger partial charge in [-0.25, -0.2) is 9.59 Å². The smallest absolute Gasteiger partial charge is 0.343 e. The maximum absolute atomic E-state index is 13.1. The van der Waals surface area contributed by atoms with Crippen LogP contribution in [-0.4, -0.2) is 11.9 Å². The zero-order chi connectivity index (χ0) is 34.2. The number of ether oxygens (including phenoxy) is 2. The SMILES string of the molecule is CC(C)(C)c1cc(OC(=O)c2ccc(-c3ccc(C(=O)Oc4cc(C(C)(C)C)cc(C(C)(C)C)c4)cc3)cc2)cc(C(C)(C)C)c1. The van der Waals surface area contributed by atoms with E-state index in [4.69, 9.17) is 9.47 Å². The molecule has 4 rings (SSSR count). The lowest BCUT2D eigenvalue weighted by Crippen LogP contribution is -2.17. The van der Waals surface area contributed by atoms with E-state index in [1.165, 1.54) is 0 Å². The molecule has 0 saturated heterocycles. The van der Waals surface area contributed by atoms with Crippen molar-refractivity contribution in [2.45, 2.75) is 105 Å². The Hall–Kier alpha value is -4.18. The van der Waals surface area contributed by atoms with E-state index < -0.39 is 11.9 Å². The highest BCUT2D eigenvalue weighted by atomic mass is 16.5. The molecule has 4 nitrogen and oxygen atoms in total. The van der Waals surface area contributed by atoms with Crippen LogP contribution < -0.4 is 9.47 Å². The van der Waals surface area contributed by atoms with Gasteiger partial charge in [-0.15, -0.1) is 0 Å². The Morgan fingerprint density at radius 1 is 0.391 bits per heavy atom. The van der Waals surface area contributed by atoms with Gasteiger partial charge < -0.3 is 9.47 Å². The largest absolute Gasteiger partial charge is 0.423 e. The van der Waals surface area contributed by atoms with Crippen molar-refractivity contribution >= 4 is 11.9 Å². The van der Waals surface area contributed by atoms with Crippen LogP contribution in [0.15, 0.2) is 84.9 Å². The van der Waals surface area contributed by atoms with Crippen molar-refractivity contribution in [3.63, 3.8) is 0 Å². The molecule has 0 bridgehead atoms. The van der Waals surface area contributed by atoms with Crippen LogP contribution in [0.1, 0.15) is 126 Å². The monoisotopic (exact) mass is 618 g/mol. The van der Waals surface area contributed by atoms with Crippen LogP contribution >= 0.6 is 0 Å². The van der Waals surface area contributed by atoms with Crippen molar-refractivity contribution in [2.24, 2.45) is 0 Å². The highest BCUT2D eigenvalue weighted by molar-refractivity contribution is 5.93. The fourth-order valence-corrected chi connectivity index (χ4v) is 4.98. The molecule has 4 aromatic carbocycles. The Kier molecular flexibility index (Phi) is 9.46. The Labute approximate surface area is 276 Å². The third-order valence-corrected chi connectivity index (χ3v) is 8.27. The maximum Gasteiger partial charge on any atom is 0.343 e. The van der Waals surface area contributed by atoms with Gasteiger partial charge in [-0.3, -0.25) is 0 Å². The van der Waals surface area contributed by atoms with Crippen molar-refractivity contribution < 1.29 is 19.1 Å². The third-order valence-electron chi connectivity index (χ3n) is 8.27. The molecule has 0 aliphatic heterocycles. The summed E-state index contributed by atoms with van der Waals surface area (Å²) in [5.41, 5.74) is 6.96. The average Bonchev–Trinajstić information content (AvgIpc) is 2.95. The number of carbonyl (C=O) groups excluding carboxylic acids is 2. The molecular formula is C42H50O4. The van der Waals surface area contributed by atoms with Crippen molar-refractivity contribution in [2.75, 3.05) is 0 Å². The first-order chi connectivity index (χ1) is 21.1. The zero-order valence-electron chi connectivity index (χ0n) is 29.7. The summed E-state index contributed by atoms with van der Waals surface area (Å²) < 4.78 is 11.7. The van der Waals surface area contributed by atoms with Gasteiger partial charge in [-0.2, -0.15) is 0 Å². The summed E-state index contributed by atoms with van der Waals surface area (Å²) in [4.78, 5) is 26.3. The summed E-state index contributed by atoms with van der Waals surface area (Å²) in [6, 6.07) is 26.9. The summed E-state index contributed by atoms with van der Waals surface area (Å²) >= 11 is 0. The molecule has 0 fully saturated rings. The number of hydrogen-bond donors (Lipinski definition) is 0. The lowest BCUT2D eigenvalue weighted by Gasteiger charge is -2.26. The van der Waals surface area contributed by atoms with E-state index in [9.17, 15) is 9.59 Å². The van der Waals surface area contributed by atoms with Gasteiger partial charge in [0.1, 0.15) is 11.5 Å². The van der Waals surface area contributed by atoms with Gasteiger partial charge in [0.25, 0.3) is 0 Å². The lowest BCUT2D eigenvalue weighted by atomic mass is 9.80. The second-order valence-corrected chi connectivity index (χ2v) is 16.4. The molecule has 0 heterocycles. The van der Waals surface area contributed by atoms with E-state index in [0.717, 1.165) is 33.4 Å². The second kappa shape index (κ2) is 12.5. The van der Waals surface area contributed by atoms with Crippen LogP contribution in [0.5, 0.6) is 11.5 Å². The van der Waals surface area contributed by atoms with Gasteiger partial charge in [0.15, 0.2) is 0 Å². The molecule has 0 radical (unpaired) electrons. The van der Waals surface area contributed by atoms with Crippen LogP contribution in [0, 0.1) is 0 Å². The van der Waals surface area contributed by atoms with E-state index in [1.54, 1.807) is 24.3 Å². The molecular weight excluding hydrogens is 568 g/mol. The van der Waals surface area contributed by atoms with Crippen molar-refractivity contribution in [1.29, 1.82) is 0 Å². The van der Waals surface area contributed by atoms with Crippen molar-refractivity contribution in [1.82, 2.24) is 0 Å². The van der Waals surface area contributed by atoms with Gasteiger partial charge in [0, 0.05) is 0 Å². The lowest BCUT2D eigenvalue weighted by molar-refractivity contribution is 0.0724. The van der Waals surface area contributed by atoms with Gasteiger partial charge in [0.05, 0.1) is 11.1 Å². The molecule has 46 heavy (non-hydrogen) atoms. The van der Waals surface area contributed by atoms with Gasteiger partial charge >= 0.3 is 11.9 Å².